The Bertz CT molecular complexity index is 1210. The Labute approximate surface area is 183 Å². The van der Waals surface area contributed by atoms with E-state index in [0.717, 1.165) is 28.7 Å². The van der Waals surface area contributed by atoms with Crippen LogP contribution in [0.1, 0.15) is 30.5 Å². The largest absolute Gasteiger partial charge is 0.378 e. The van der Waals surface area contributed by atoms with Crippen molar-refractivity contribution in [3.05, 3.63) is 108 Å². The Balaban J connectivity index is 1.45. The molecule has 5 rings (SSSR count). The van der Waals surface area contributed by atoms with Gasteiger partial charge in [-0.25, -0.2) is 0 Å². The van der Waals surface area contributed by atoms with E-state index in [1.807, 2.05) is 47.4 Å². The standard InChI is InChI=1S/C28H26N2O/c1-20-18-26(29-23-13-3-2-4-14-23)25-16-7-8-17-27(25)30(20)28(31)19-22-12-9-11-21-10-5-6-15-24(21)22/h2-17,20,26,29H,18-19H2,1H3/t20-,26+/m0/s1. The monoisotopic (exact) mass is 406 g/mol. The lowest BCUT2D eigenvalue weighted by atomic mass is 9.90. The summed E-state index contributed by atoms with van der Waals surface area (Å²) in [6.07, 6.45) is 1.27. The average Bonchev–Trinajstić information content (AvgIpc) is 2.80. The third-order valence-corrected chi connectivity index (χ3v) is 6.19. The Morgan fingerprint density at radius 1 is 0.871 bits per heavy atom. The highest BCUT2D eigenvalue weighted by molar-refractivity contribution is 5.99. The van der Waals surface area contributed by atoms with Gasteiger partial charge in [0.05, 0.1) is 12.5 Å². The second kappa shape index (κ2) is 8.27. The maximum atomic E-state index is 13.6. The maximum Gasteiger partial charge on any atom is 0.231 e. The number of anilines is 2. The number of nitrogens with zero attached hydrogens (tertiary/aromatic N) is 1. The molecule has 2 atom stereocenters. The summed E-state index contributed by atoms with van der Waals surface area (Å²) in [5.41, 5.74) is 4.37. The predicted octanol–water partition coefficient (Wildman–Crippen LogP) is 6.36. The van der Waals surface area contributed by atoms with Gasteiger partial charge in [0.15, 0.2) is 0 Å². The molecule has 4 aromatic rings. The first-order valence-corrected chi connectivity index (χ1v) is 10.9. The molecule has 1 N–H and O–H groups in total. The molecule has 3 heteroatoms. The summed E-state index contributed by atoms with van der Waals surface area (Å²) in [5, 5.41) is 5.99. The van der Waals surface area contributed by atoms with E-state index < -0.39 is 0 Å². The van der Waals surface area contributed by atoms with Gasteiger partial charge < -0.3 is 10.2 Å². The molecule has 3 nitrogen and oxygen atoms in total. The van der Waals surface area contributed by atoms with Crippen LogP contribution in [0, 0.1) is 0 Å². The number of rotatable bonds is 4. The Hall–Kier alpha value is -3.59. The molecule has 154 valence electrons. The van der Waals surface area contributed by atoms with E-state index in [4.69, 9.17) is 0 Å². The van der Waals surface area contributed by atoms with Gasteiger partial charge in [0.2, 0.25) is 5.91 Å². The summed E-state index contributed by atoms with van der Waals surface area (Å²) in [6.45, 7) is 2.15. The van der Waals surface area contributed by atoms with Crippen LogP contribution >= 0.6 is 0 Å². The van der Waals surface area contributed by atoms with E-state index in [9.17, 15) is 4.79 Å². The van der Waals surface area contributed by atoms with Crippen molar-refractivity contribution >= 4 is 28.1 Å². The zero-order valence-corrected chi connectivity index (χ0v) is 17.7. The molecule has 0 aliphatic carbocycles. The fourth-order valence-electron chi connectivity index (χ4n) is 4.76. The molecule has 0 spiro atoms. The molecule has 1 aliphatic heterocycles. The lowest BCUT2D eigenvalue weighted by Crippen LogP contribution is -2.45. The third-order valence-electron chi connectivity index (χ3n) is 6.19. The number of amides is 1. The molecule has 0 fully saturated rings. The van der Waals surface area contributed by atoms with Crippen LogP contribution < -0.4 is 10.2 Å². The minimum Gasteiger partial charge on any atom is -0.378 e. The van der Waals surface area contributed by atoms with Crippen LogP contribution in [-0.4, -0.2) is 11.9 Å². The van der Waals surface area contributed by atoms with Crippen LogP contribution in [0.4, 0.5) is 11.4 Å². The second-order valence-electron chi connectivity index (χ2n) is 8.29. The van der Waals surface area contributed by atoms with E-state index in [1.165, 1.54) is 10.9 Å². The number of para-hydroxylation sites is 2. The van der Waals surface area contributed by atoms with Gasteiger partial charge in [-0.05, 0) is 53.4 Å². The van der Waals surface area contributed by atoms with Crippen LogP contribution in [0.5, 0.6) is 0 Å². The van der Waals surface area contributed by atoms with Crippen LogP contribution in [-0.2, 0) is 11.2 Å². The molecule has 1 aliphatic rings. The topological polar surface area (TPSA) is 32.3 Å². The fourth-order valence-corrected chi connectivity index (χ4v) is 4.76. The lowest BCUT2D eigenvalue weighted by Gasteiger charge is -2.40. The number of hydrogen-bond donors (Lipinski definition) is 1. The Morgan fingerprint density at radius 3 is 2.45 bits per heavy atom. The number of hydrogen-bond acceptors (Lipinski definition) is 2. The predicted molar refractivity (Wildman–Crippen MR) is 128 cm³/mol. The van der Waals surface area contributed by atoms with Gasteiger partial charge >= 0.3 is 0 Å². The van der Waals surface area contributed by atoms with Crippen molar-refractivity contribution in [2.45, 2.75) is 31.8 Å². The zero-order chi connectivity index (χ0) is 21.2. The van der Waals surface area contributed by atoms with E-state index in [1.54, 1.807) is 0 Å². The van der Waals surface area contributed by atoms with E-state index >= 15 is 0 Å². The molecular formula is C28H26N2O. The zero-order valence-electron chi connectivity index (χ0n) is 17.7. The highest BCUT2D eigenvalue weighted by Gasteiger charge is 2.33. The molecular weight excluding hydrogens is 380 g/mol. The van der Waals surface area contributed by atoms with Gasteiger partial charge in [0.25, 0.3) is 0 Å². The molecule has 0 radical (unpaired) electrons. The first-order chi connectivity index (χ1) is 15.2. The summed E-state index contributed by atoms with van der Waals surface area (Å²) < 4.78 is 0. The molecule has 0 aromatic heterocycles. The van der Waals surface area contributed by atoms with Gasteiger partial charge in [0, 0.05) is 17.4 Å². The third kappa shape index (κ3) is 3.79. The van der Waals surface area contributed by atoms with Crippen LogP contribution in [0.2, 0.25) is 0 Å². The van der Waals surface area contributed by atoms with Crippen molar-refractivity contribution in [2.75, 3.05) is 10.2 Å². The van der Waals surface area contributed by atoms with Crippen molar-refractivity contribution in [1.82, 2.24) is 0 Å². The average molecular weight is 407 g/mol. The number of carbonyl (C=O) groups is 1. The van der Waals surface area contributed by atoms with Gasteiger partial charge in [-0.2, -0.15) is 0 Å². The molecule has 0 saturated heterocycles. The summed E-state index contributed by atoms with van der Waals surface area (Å²) in [6, 6.07) is 33.4. The Morgan fingerprint density at radius 2 is 1.58 bits per heavy atom. The van der Waals surface area contributed by atoms with Crippen molar-refractivity contribution in [2.24, 2.45) is 0 Å². The number of carbonyl (C=O) groups excluding carboxylic acids is 1. The Kier molecular flexibility index (Phi) is 5.17. The molecule has 1 heterocycles. The van der Waals surface area contributed by atoms with Gasteiger partial charge in [-0.1, -0.05) is 78.9 Å². The summed E-state index contributed by atoms with van der Waals surface area (Å²) in [5.74, 6) is 0.148. The van der Waals surface area contributed by atoms with Crippen LogP contribution in [0.3, 0.4) is 0 Å². The van der Waals surface area contributed by atoms with E-state index in [2.05, 4.69) is 66.8 Å². The summed E-state index contributed by atoms with van der Waals surface area (Å²) >= 11 is 0. The van der Waals surface area contributed by atoms with Crippen molar-refractivity contribution in [1.29, 1.82) is 0 Å². The van der Waals surface area contributed by atoms with E-state index in [0.29, 0.717) is 6.42 Å². The van der Waals surface area contributed by atoms with Crippen molar-refractivity contribution in [3.63, 3.8) is 0 Å². The first kappa shape index (κ1) is 19.4. The lowest BCUT2D eigenvalue weighted by molar-refractivity contribution is -0.118. The van der Waals surface area contributed by atoms with Crippen LogP contribution in [0.15, 0.2) is 97.1 Å². The first-order valence-electron chi connectivity index (χ1n) is 10.9. The van der Waals surface area contributed by atoms with Gasteiger partial charge in [0.1, 0.15) is 0 Å². The normalized spacial score (nSPS) is 17.9. The minimum absolute atomic E-state index is 0.110. The van der Waals surface area contributed by atoms with Gasteiger partial charge in [-0.15, -0.1) is 0 Å². The minimum atomic E-state index is 0.110. The van der Waals surface area contributed by atoms with Gasteiger partial charge in [-0.3, -0.25) is 4.79 Å². The van der Waals surface area contributed by atoms with Crippen LogP contribution in [0.25, 0.3) is 10.8 Å². The fraction of sp³-hybridized carbons (Fsp3) is 0.179. The second-order valence-corrected chi connectivity index (χ2v) is 8.29. The molecule has 1 amide bonds. The molecule has 31 heavy (non-hydrogen) atoms. The molecule has 0 bridgehead atoms. The quantitative estimate of drug-likeness (QED) is 0.428. The van der Waals surface area contributed by atoms with Crippen molar-refractivity contribution < 1.29 is 4.79 Å². The SMILES string of the molecule is C[C@H]1C[C@@H](Nc2ccccc2)c2ccccc2N1C(=O)Cc1cccc2ccccc12. The maximum absolute atomic E-state index is 13.6. The number of benzene rings is 4. The molecule has 0 saturated carbocycles. The summed E-state index contributed by atoms with van der Waals surface area (Å²) in [7, 11) is 0. The number of fused-ring (bicyclic) bond motifs is 2. The molecule has 4 aromatic carbocycles. The molecule has 0 unspecified atom stereocenters. The highest BCUT2D eigenvalue weighted by atomic mass is 16.2. The number of nitrogens with one attached hydrogen (secondary N) is 1. The summed E-state index contributed by atoms with van der Waals surface area (Å²) in [4.78, 5) is 15.6. The van der Waals surface area contributed by atoms with Crippen molar-refractivity contribution in [3.8, 4) is 0 Å². The smallest absolute Gasteiger partial charge is 0.231 e. The van der Waals surface area contributed by atoms with E-state index in [-0.39, 0.29) is 18.0 Å². The highest BCUT2D eigenvalue weighted by Crippen LogP contribution is 2.39.